The average molecular weight is 248 g/mol. The van der Waals surface area contributed by atoms with Crippen molar-refractivity contribution in [1.82, 2.24) is 9.55 Å². The number of anilines is 1. The van der Waals surface area contributed by atoms with Crippen molar-refractivity contribution in [1.29, 1.82) is 0 Å². The lowest BCUT2D eigenvalue weighted by atomic mass is 9.99. The molecule has 2 aliphatic rings. The van der Waals surface area contributed by atoms with E-state index in [0.29, 0.717) is 12.0 Å². The Morgan fingerprint density at radius 3 is 2.89 bits per heavy atom. The van der Waals surface area contributed by atoms with E-state index in [1.165, 1.54) is 37.3 Å². The number of aryl methyl sites for hydroxylation is 1. The van der Waals surface area contributed by atoms with E-state index in [1.807, 2.05) is 0 Å². The monoisotopic (exact) mass is 248 g/mol. The molecule has 1 aromatic heterocycles. The van der Waals surface area contributed by atoms with E-state index in [4.69, 9.17) is 10.7 Å². The molecule has 0 radical (unpaired) electrons. The normalized spacial score (nSPS) is 24.6. The van der Waals surface area contributed by atoms with Gasteiger partial charge >= 0.3 is 0 Å². The van der Waals surface area contributed by atoms with Crippen LogP contribution in [0.5, 0.6) is 0 Å². The summed E-state index contributed by atoms with van der Waals surface area (Å²) in [6.07, 6.45) is 8.46. The summed E-state index contributed by atoms with van der Waals surface area (Å²) in [6, 6.07) is 0.714. The van der Waals surface area contributed by atoms with Crippen LogP contribution in [0.3, 0.4) is 0 Å². The second-order valence-corrected chi connectivity index (χ2v) is 5.71. The molecular weight excluding hydrogens is 224 g/mol. The maximum atomic E-state index is 5.83. The van der Waals surface area contributed by atoms with Crippen molar-refractivity contribution < 1.29 is 0 Å². The standard InChI is InChI=1S/C14H24N4/c1-2-12-10-18(13-5-6-13)14(16-12)17-7-3-4-11(8-15)9-17/h10-11,13H,2-9,15H2,1H3. The Hall–Kier alpha value is -1.03. The van der Waals surface area contributed by atoms with Crippen LogP contribution in [0, 0.1) is 5.92 Å². The molecule has 4 heteroatoms. The SMILES string of the molecule is CCc1cn(C2CC2)c(N2CCCC(CN)C2)n1. The summed E-state index contributed by atoms with van der Waals surface area (Å²) in [6.45, 7) is 5.22. The molecule has 2 fully saturated rings. The fraction of sp³-hybridized carbons (Fsp3) is 0.786. The van der Waals surface area contributed by atoms with E-state index >= 15 is 0 Å². The van der Waals surface area contributed by atoms with Gasteiger partial charge in [0.25, 0.3) is 0 Å². The van der Waals surface area contributed by atoms with Crippen molar-refractivity contribution in [3.63, 3.8) is 0 Å². The van der Waals surface area contributed by atoms with Crippen LogP contribution >= 0.6 is 0 Å². The first-order valence-electron chi connectivity index (χ1n) is 7.34. The predicted molar refractivity (Wildman–Crippen MR) is 73.9 cm³/mol. The van der Waals surface area contributed by atoms with E-state index in [0.717, 1.165) is 26.1 Å². The summed E-state index contributed by atoms with van der Waals surface area (Å²) in [5.41, 5.74) is 7.06. The first-order chi connectivity index (χ1) is 8.81. The Kier molecular flexibility index (Phi) is 3.29. The Balaban J connectivity index is 1.83. The van der Waals surface area contributed by atoms with Crippen molar-refractivity contribution in [3.05, 3.63) is 11.9 Å². The van der Waals surface area contributed by atoms with E-state index in [1.54, 1.807) is 0 Å². The maximum absolute atomic E-state index is 5.83. The predicted octanol–water partition coefficient (Wildman–Crippen LogP) is 1.96. The van der Waals surface area contributed by atoms with Crippen LogP contribution in [0.25, 0.3) is 0 Å². The number of piperidine rings is 1. The van der Waals surface area contributed by atoms with Gasteiger partial charge in [0.15, 0.2) is 0 Å². The molecule has 0 bridgehead atoms. The lowest BCUT2D eigenvalue weighted by Crippen LogP contribution is -2.39. The first-order valence-corrected chi connectivity index (χ1v) is 7.34. The van der Waals surface area contributed by atoms with Gasteiger partial charge in [-0.15, -0.1) is 0 Å². The van der Waals surface area contributed by atoms with Gasteiger partial charge in [0.1, 0.15) is 0 Å². The average Bonchev–Trinajstić information content (AvgIpc) is 3.18. The van der Waals surface area contributed by atoms with Crippen molar-refractivity contribution in [2.45, 2.75) is 45.1 Å². The van der Waals surface area contributed by atoms with Gasteiger partial charge in [-0.3, -0.25) is 0 Å². The third kappa shape index (κ3) is 2.26. The molecule has 1 aromatic rings. The quantitative estimate of drug-likeness (QED) is 0.886. The van der Waals surface area contributed by atoms with Gasteiger partial charge in [0.2, 0.25) is 5.95 Å². The highest BCUT2D eigenvalue weighted by atomic mass is 15.3. The molecule has 2 N–H and O–H groups in total. The molecular formula is C14H24N4. The summed E-state index contributed by atoms with van der Waals surface area (Å²) in [7, 11) is 0. The van der Waals surface area contributed by atoms with Crippen LogP contribution in [0.1, 0.15) is 44.3 Å². The maximum Gasteiger partial charge on any atom is 0.205 e. The molecule has 1 atom stereocenters. The topological polar surface area (TPSA) is 47.1 Å². The van der Waals surface area contributed by atoms with Gasteiger partial charge < -0.3 is 15.2 Å². The molecule has 3 rings (SSSR count). The molecule has 0 amide bonds. The second-order valence-electron chi connectivity index (χ2n) is 5.71. The fourth-order valence-corrected chi connectivity index (χ4v) is 2.90. The number of nitrogens with two attached hydrogens (primary N) is 1. The fourth-order valence-electron chi connectivity index (χ4n) is 2.90. The molecule has 4 nitrogen and oxygen atoms in total. The Labute approximate surface area is 109 Å². The van der Waals surface area contributed by atoms with Gasteiger partial charge in [-0.2, -0.15) is 0 Å². The van der Waals surface area contributed by atoms with Crippen LogP contribution in [0.2, 0.25) is 0 Å². The first kappa shape index (κ1) is 12.0. The van der Waals surface area contributed by atoms with Gasteiger partial charge in [0.05, 0.1) is 5.69 Å². The molecule has 1 saturated heterocycles. The molecule has 18 heavy (non-hydrogen) atoms. The van der Waals surface area contributed by atoms with E-state index < -0.39 is 0 Å². The molecule has 1 aliphatic carbocycles. The van der Waals surface area contributed by atoms with Crippen LogP contribution in [-0.2, 0) is 6.42 Å². The number of imidazole rings is 1. The highest BCUT2D eigenvalue weighted by Gasteiger charge is 2.30. The van der Waals surface area contributed by atoms with Gasteiger partial charge in [0, 0.05) is 25.3 Å². The lowest BCUT2D eigenvalue weighted by molar-refractivity contribution is 0.416. The van der Waals surface area contributed by atoms with Gasteiger partial charge in [-0.05, 0) is 44.6 Å². The minimum Gasteiger partial charge on any atom is -0.342 e. The zero-order valence-corrected chi connectivity index (χ0v) is 11.3. The molecule has 1 saturated carbocycles. The van der Waals surface area contributed by atoms with Crippen LogP contribution in [0.4, 0.5) is 5.95 Å². The number of rotatable bonds is 4. The van der Waals surface area contributed by atoms with Crippen LogP contribution < -0.4 is 10.6 Å². The van der Waals surface area contributed by atoms with Gasteiger partial charge in [-0.1, -0.05) is 6.92 Å². The number of hydrogen-bond donors (Lipinski definition) is 1. The Bertz CT molecular complexity index is 408. The van der Waals surface area contributed by atoms with E-state index in [-0.39, 0.29) is 0 Å². The summed E-state index contributed by atoms with van der Waals surface area (Å²) in [4.78, 5) is 7.29. The largest absolute Gasteiger partial charge is 0.342 e. The van der Waals surface area contributed by atoms with Crippen LogP contribution in [-0.4, -0.2) is 29.2 Å². The van der Waals surface area contributed by atoms with Crippen molar-refractivity contribution in [2.24, 2.45) is 11.7 Å². The summed E-state index contributed by atoms with van der Waals surface area (Å²) in [5.74, 6) is 1.85. The molecule has 2 heterocycles. The Morgan fingerprint density at radius 1 is 1.39 bits per heavy atom. The van der Waals surface area contributed by atoms with Gasteiger partial charge in [-0.25, -0.2) is 4.98 Å². The van der Waals surface area contributed by atoms with Crippen LogP contribution in [0.15, 0.2) is 6.20 Å². The number of hydrogen-bond acceptors (Lipinski definition) is 3. The third-order valence-electron chi connectivity index (χ3n) is 4.20. The smallest absolute Gasteiger partial charge is 0.205 e. The molecule has 1 aliphatic heterocycles. The van der Waals surface area contributed by atoms with E-state index in [9.17, 15) is 0 Å². The number of aromatic nitrogens is 2. The molecule has 0 spiro atoms. The zero-order chi connectivity index (χ0) is 12.5. The van der Waals surface area contributed by atoms with Crippen molar-refractivity contribution in [2.75, 3.05) is 24.5 Å². The summed E-state index contributed by atoms with van der Waals surface area (Å²) < 4.78 is 2.41. The van der Waals surface area contributed by atoms with Crippen molar-refractivity contribution in [3.8, 4) is 0 Å². The minimum atomic E-state index is 0.646. The van der Waals surface area contributed by atoms with E-state index in [2.05, 4.69) is 22.6 Å². The lowest BCUT2D eigenvalue weighted by Gasteiger charge is -2.33. The second kappa shape index (κ2) is 4.92. The third-order valence-corrected chi connectivity index (χ3v) is 4.20. The highest BCUT2D eigenvalue weighted by molar-refractivity contribution is 5.36. The zero-order valence-electron chi connectivity index (χ0n) is 11.3. The highest BCUT2D eigenvalue weighted by Crippen LogP contribution is 2.39. The molecule has 0 aromatic carbocycles. The summed E-state index contributed by atoms with van der Waals surface area (Å²) >= 11 is 0. The molecule has 1 unspecified atom stereocenters. The molecule has 100 valence electrons. The number of nitrogens with zero attached hydrogens (tertiary/aromatic N) is 3. The summed E-state index contributed by atoms with van der Waals surface area (Å²) in [5, 5.41) is 0. The minimum absolute atomic E-state index is 0.646. The Morgan fingerprint density at radius 2 is 2.22 bits per heavy atom. The van der Waals surface area contributed by atoms with Crippen molar-refractivity contribution >= 4 is 5.95 Å².